The van der Waals surface area contributed by atoms with Crippen LogP contribution in [0.15, 0.2) is 36.4 Å². The molecule has 0 unspecified atom stereocenters. The summed E-state index contributed by atoms with van der Waals surface area (Å²) in [6.45, 7) is 0. The van der Waals surface area contributed by atoms with E-state index in [1.807, 2.05) is 30.3 Å². The van der Waals surface area contributed by atoms with Crippen molar-refractivity contribution in [2.75, 3.05) is 7.11 Å². The molecule has 1 atom stereocenters. The fourth-order valence-corrected chi connectivity index (χ4v) is 2.15. The first-order valence-corrected chi connectivity index (χ1v) is 5.73. The number of alkyl halides is 2. The molecule has 0 saturated heterocycles. The van der Waals surface area contributed by atoms with Gasteiger partial charge in [0, 0.05) is 18.0 Å². The molecule has 2 rings (SSSR count). The zero-order chi connectivity index (χ0) is 13.1. The Morgan fingerprint density at radius 1 is 1.17 bits per heavy atom. The summed E-state index contributed by atoms with van der Waals surface area (Å²) in [7, 11) is 1.52. The highest BCUT2D eigenvalue weighted by atomic mass is 19.3. The van der Waals surface area contributed by atoms with Crippen molar-refractivity contribution in [2.24, 2.45) is 5.73 Å². The van der Waals surface area contributed by atoms with Crippen molar-refractivity contribution in [1.82, 2.24) is 0 Å². The third kappa shape index (κ3) is 2.43. The maximum absolute atomic E-state index is 12.5. The predicted octanol–water partition coefficient (Wildman–Crippen LogP) is 3.50. The first-order valence-electron chi connectivity index (χ1n) is 5.73. The SMILES string of the molecule is COc1ccc2ccccc2c1[C@@H](N)CC(F)F. The van der Waals surface area contributed by atoms with Crippen molar-refractivity contribution >= 4 is 10.8 Å². The molecule has 4 heteroatoms. The molecule has 2 N–H and O–H groups in total. The van der Waals surface area contributed by atoms with Gasteiger partial charge in [0.1, 0.15) is 5.75 Å². The highest BCUT2D eigenvalue weighted by Gasteiger charge is 2.19. The Morgan fingerprint density at radius 2 is 1.89 bits per heavy atom. The molecule has 0 aromatic heterocycles. The van der Waals surface area contributed by atoms with E-state index in [1.54, 1.807) is 6.07 Å². The molecule has 0 amide bonds. The van der Waals surface area contributed by atoms with Crippen LogP contribution < -0.4 is 10.5 Å². The van der Waals surface area contributed by atoms with Gasteiger partial charge in [-0.1, -0.05) is 30.3 Å². The third-order valence-electron chi connectivity index (χ3n) is 2.95. The Balaban J connectivity index is 2.57. The number of ether oxygens (including phenoxy) is 1. The molecule has 0 aliphatic rings. The standard InChI is InChI=1S/C14H15F2NO/c1-18-12-7-6-9-4-2-3-5-10(9)14(12)11(17)8-13(15)16/h2-7,11,13H,8,17H2,1H3/t11-/m0/s1. The van der Waals surface area contributed by atoms with Crippen LogP contribution in [0.4, 0.5) is 8.78 Å². The second-order valence-electron chi connectivity index (χ2n) is 4.14. The predicted molar refractivity (Wildman–Crippen MR) is 68.0 cm³/mol. The zero-order valence-corrected chi connectivity index (χ0v) is 10.1. The minimum Gasteiger partial charge on any atom is -0.496 e. The van der Waals surface area contributed by atoms with Crippen molar-refractivity contribution in [3.8, 4) is 5.75 Å². The number of fused-ring (bicyclic) bond motifs is 1. The van der Waals surface area contributed by atoms with E-state index in [-0.39, 0.29) is 6.42 Å². The summed E-state index contributed by atoms with van der Waals surface area (Å²) in [6.07, 6.45) is -2.80. The highest BCUT2D eigenvalue weighted by molar-refractivity contribution is 5.88. The summed E-state index contributed by atoms with van der Waals surface area (Å²) in [5.41, 5.74) is 6.53. The van der Waals surface area contributed by atoms with Gasteiger partial charge in [-0.2, -0.15) is 0 Å². The van der Waals surface area contributed by atoms with Crippen molar-refractivity contribution in [3.63, 3.8) is 0 Å². The molecular weight excluding hydrogens is 236 g/mol. The van der Waals surface area contributed by atoms with Crippen LogP contribution in [0.25, 0.3) is 10.8 Å². The van der Waals surface area contributed by atoms with Crippen LogP contribution in [-0.2, 0) is 0 Å². The first kappa shape index (κ1) is 12.8. The van der Waals surface area contributed by atoms with Crippen molar-refractivity contribution in [2.45, 2.75) is 18.9 Å². The molecule has 2 aromatic rings. The number of methoxy groups -OCH3 is 1. The molecule has 0 saturated carbocycles. The topological polar surface area (TPSA) is 35.2 Å². The Labute approximate surface area is 104 Å². The van der Waals surface area contributed by atoms with Crippen LogP contribution in [0.2, 0.25) is 0 Å². The number of nitrogens with two attached hydrogens (primary N) is 1. The molecule has 2 nitrogen and oxygen atoms in total. The van der Waals surface area contributed by atoms with Crippen molar-refractivity contribution < 1.29 is 13.5 Å². The minimum atomic E-state index is -2.43. The number of benzene rings is 2. The van der Waals surface area contributed by atoms with Gasteiger partial charge in [-0.15, -0.1) is 0 Å². The van der Waals surface area contributed by atoms with E-state index in [4.69, 9.17) is 10.5 Å². The van der Waals surface area contributed by atoms with Crippen LogP contribution in [-0.4, -0.2) is 13.5 Å². The lowest BCUT2D eigenvalue weighted by Crippen LogP contribution is -2.15. The number of hydrogen-bond acceptors (Lipinski definition) is 2. The van der Waals surface area contributed by atoms with Gasteiger partial charge < -0.3 is 10.5 Å². The molecule has 96 valence electrons. The van der Waals surface area contributed by atoms with Gasteiger partial charge in [0.05, 0.1) is 7.11 Å². The molecule has 0 aliphatic heterocycles. The van der Waals surface area contributed by atoms with Crippen LogP contribution in [0.1, 0.15) is 18.0 Å². The molecule has 0 heterocycles. The van der Waals surface area contributed by atoms with Gasteiger partial charge in [0.15, 0.2) is 0 Å². The maximum atomic E-state index is 12.5. The van der Waals surface area contributed by atoms with Crippen LogP contribution in [0.5, 0.6) is 5.75 Å². The van der Waals surface area contributed by atoms with E-state index in [9.17, 15) is 8.78 Å². The first-order chi connectivity index (χ1) is 8.63. The van der Waals surface area contributed by atoms with Crippen LogP contribution in [0.3, 0.4) is 0 Å². The number of halogens is 2. The van der Waals surface area contributed by atoms with E-state index >= 15 is 0 Å². The molecule has 0 aliphatic carbocycles. The monoisotopic (exact) mass is 251 g/mol. The average Bonchev–Trinajstić information content (AvgIpc) is 2.36. The van der Waals surface area contributed by atoms with Gasteiger partial charge in [0.2, 0.25) is 6.43 Å². The number of rotatable bonds is 4. The summed E-state index contributed by atoms with van der Waals surface area (Å²) in [6, 6.07) is 10.5. The van der Waals surface area contributed by atoms with Crippen LogP contribution in [0, 0.1) is 0 Å². The van der Waals surface area contributed by atoms with Gasteiger partial charge in [-0.05, 0) is 16.8 Å². The largest absolute Gasteiger partial charge is 0.496 e. The molecule has 18 heavy (non-hydrogen) atoms. The summed E-state index contributed by atoms with van der Waals surface area (Å²) in [5.74, 6) is 0.557. The summed E-state index contributed by atoms with van der Waals surface area (Å²) in [4.78, 5) is 0. The average molecular weight is 251 g/mol. The third-order valence-corrected chi connectivity index (χ3v) is 2.95. The van der Waals surface area contributed by atoms with Gasteiger partial charge >= 0.3 is 0 Å². The summed E-state index contributed by atoms with van der Waals surface area (Å²) >= 11 is 0. The van der Waals surface area contributed by atoms with Gasteiger partial charge in [0.25, 0.3) is 0 Å². The lowest BCUT2D eigenvalue weighted by atomic mass is 9.96. The van der Waals surface area contributed by atoms with Gasteiger partial charge in [-0.3, -0.25) is 0 Å². The van der Waals surface area contributed by atoms with E-state index < -0.39 is 12.5 Å². The molecule has 2 aromatic carbocycles. The smallest absolute Gasteiger partial charge is 0.240 e. The lowest BCUT2D eigenvalue weighted by molar-refractivity contribution is 0.128. The molecule has 0 spiro atoms. The van der Waals surface area contributed by atoms with Crippen molar-refractivity contribution in [1.29, 1.82) is 0 Å². The lowest BCUT2D eigenvalue weighted by Gasteiger charge is -2.18. The Kier molecular flexibility index (Phi) is 3.77. The Bertz CT molecular complexity index is 542. The van der Waals surface area contributed by atoms with E-state index in [0.29, 0.717) is 11.3 Å². The van der Waals surface area contributed by atoms with Gasteiger partial charge in [-0.25, -0.2) is 8.78 Å². The summed E-state index contributed by atoms with van der Waals surface area (Å²) in [5, 5.41) is 1.84. The molecular formula is C14H15F2NO. The molecule has 0 bridgehead atoms. The minimum absolute atomic E-state index is 0.371. The second-order valence-corrected chi connectivity index (χ2v) is 4.14. The van der Waals surface area contributed by atoms with E-state index in [0.717, 1.165) is 10.8 Å². The zero-order valence-electron chi connectivity index (χ0n) is 10.1. The normalized spacial score (nSPS) is 12.9. The quantitative estimate of drug-likeness (QED) is 0.902. The molecule has 0 fully saturated rings. The van der Waals surface area contributed by atoms with Crippen LogP contribution >= 0.6 is 0 Å². The Morgan fingerprint density at radius 3 is 2.56 bits per heavy atom. The molecule has 0 radical (unpaired) electrons. The van der Waals surface area contributed by atoms with Crippen molar-refractivity contribution in [3.05, 3.63) is 42.0 Å². The summed E-state index contributed by atoms with van der Waals surface area (Å²) < 4.78 is 30.2. The maximum Gasteiger partial charge on any atom is 0.240 e. The Hall–Kier alpha value is -1.68. The highest BCUT2D eigenvalue weighted by Crippen LogP contribution is 2.34. The van der Waals surface area contributed by atoms with E-state index in [2.05, 4.69) is 0 Å². The second kappa shape index (κ2) is 5.31. The number of hydrogen-bond donors (Lipinski definition) is 1. The van der Waals surface area contributed by atoms with E-state index in [1.165, 1.54) is 7.11 Å². The fourth-order valence-electron chi connectivity index (χ4n) is 2.15. The fraction of sp³-hybridized carbons (Fsp3) is 0.286.